The van der Waals surface area contributed by atoms with E-state index in [1.807, 2.05) is 0 Å². The van der Waals surface area contributed by atoms with E-state index in [4.69, 9.17) is 5.11 Å². The maximum atomic E-state index is 13.0. The quantitative estimate of drug-likeness (QED) is 0.855. The number of aromatic carboxylic acids is 1. The summed E-state index contributed by atoms with van der Waals surface area (Å²) in [4.78, 5) is 18.5. The Labute approximate surface area is 109 Å². The number of carbonyl (C=O) groups is 1. The maximum absolute atomic E-state index is 13.0. The zero-order valence-corrected chi connectivity index (χ0v) is 10.0. The smallest absolute Gasteiger partial charge is 0.339 e. The molecule has 1 aromatic carbocycles. The Balaban J connectivity index is 1.98. The molecular formula is C13H12FN3O2. The van der Waals surface area contributed by atoms with E-state index in [2.05, 4.69) is 15.3 Å². The van der Waals surface area contributed by atoms with E-state index in [9.17, 15) is 9.18 Å². The number of halogens is 1. The highest BCUT2D eigenvalue weighted by Gasteiger charge is 2.10. The van der Waals surface area contributed by atoms with Gasteiger partial charge in [-0.1, -0.05) is 12.1 Å². The van der Waals surface area contributed by atoms with Gasteiger partial charge in [0.2, 0.25) is 0 Å². The highest BCUT2D eigenvalue weighted by atomic mass is 19.1. The molecule has 19 heavy (non-hydrogen) atoms. The second-order valence-electron chi connectivity index (χ2n) is 3.92. The van der Waals surface area contributed by atoms with Crippen molar-refractivity contribution in [1.82, 2.24) is 15.3 Å². The molecule has 0 saturated heterocycles. The molecule has 0 bridgehead atoms. The van der Waals surface area contributed by atoms with Crippen LogP contribution in [0.5, 0.6) is 0 Å². The third kappa shape index (κ3) is 3.56. The zero-order chi connectivity index (χ0) is 13.7. The van der Waals surface area contributed by atoms with Gasteiger partial charge in [-0.3, -0.25) is 0 Å². The molecule has 0 radical (unpaired) electrons. The lowest BCUT2D eigenvalue weighted by molar-refractivity contribution is 0.0694. The van der Waals surface area contributed by atoms with Crippen molar-refractivity contribution in [1.29, 1.82) is 0 Å². The molecule has 0 aliphatic carbocycles. The third-order valence-corrected chi connectivity index (χ3v) is 2.54. The Morgan fingerprint density at radius 3 is 2.95 bits per heavy atom. The van der Waals surface area contributed by atoms with Crippen LogP contribution in [-0.2, 0) is 13.1 Å². The first-order valence-electron chi connectivity index (χ1n) is 5.64. The molecule has 0 aliphatic rings. The van der Waals surface area contributed by atoms with Crippen LogP contribution in [0.2, 0.25) is 0 Å². The molecular weight excluding hydrogens is 249 g/mol. The molecule has 0 unspecified atom stereocenters. The van der Waals surface area contributed by atoms with Crippen LogP contribution < -0.4 is 5.32 Å². The number of nitrogens with one attached hydrogen (secondary N) is 1. The normalized spacial score (nSPS) is 10.4. The molecule has 0 amide bonds. The Morgan fingerprint density at radius 2 is 2.21 bits per heavy atom. The molecule has 2 rings (SSSR count). The first kappa shape index (κ1) is 13.1. The first-order valence-corrected chi connectivity index (χ1v) is 5.64. The Kier molecular flexibility index (Phi) is 4.15. The SMILES string of the molecule is O=C(O)c1cncnc1CNCc1cccc(F)c1. The lowest BCUT2D eigenvalue weighted by Crippen LogP contribution is -2.17. The molecule has 98 valence electrons. The average molecular weight is 261 g/mol. The molecule has 0 spiro atoms. The molecule has 2 N–H and O–H groups in total. The molecule has 1 aromatic heterocycles. The minimum absolute atomic E-state index is 0.0641. The first-order chi connectivity index (χ1) is 9.16. The second-order valence-corrected chi connectivity index (χ2v) is 3.92. The van der Waals surface area contributed by atoms with Gasteiger partial charge in [-0.25, -0.2) is 19.2 Å². The number of nitrogens with zero attached hydrogens (tertiary/aromatic N) is 2. The molecule has 1 heterocycles. The van der Waals surface area contributed by atoms with Crippen molar-refractivity contribution in [2.45, 2.75) is 13.1 Å². The molecule has 6 heteroatoms. The summed E-state index contributed by atoms with van der Waals surface area (Å²) in [6, 6.07) is 6.20. The van der Waals surface area contributed by atoms with E-state index in [0.29, 0.717) is 12.2 Å². The van der Waals surface area contributed by atoms with Gasteiger partial charge in [0.05, 0.1) is 5.69 Å². The topological polar surface area (TPSA) is 75.1 Å². The summed E-state index contributed by atoms with van der Waals surface area (Å²) in [6.07, 6.45) is 2.56. The number of hydrogen-bond acceptors (Lipinski definition) is 4. The van der Waals surface area contributed by atoms with Crippen LogP contribution in [-0.4, -0.2) is 21.0 Å². The van der Waals surface area contributed by atoms with Gasteiger partial charge < -0.3 is 10.4 Å². The maximum Gasteiger partial charge on any atom is 0.339 e. The highest BCUT2D eigenvalue weighted by molar-refractivity contribution is 5.88. The lowest BCUT2D eigenvalue weighted by Gasteiger charge is -2.06. The zero-order valence-electron chi connectivity index (χ0n) is 10.0. The largest absolute Gasteiger partial charge is 0.478 e. The number of carboxylic acid groups (broad SMARTS) is 1. The standard InChI is InChI=1S/C13H12FN3O2/c14-10-3-1-2-9(4-10)5-15-7-12-11(13(18)19)6-16-8-17-12/h1-4,6,8,15H,5,7H2,(H,18,19). The van der Waals surface area contributed by atoms with E-state index in [0.717, 1.165) is 5.56 Å². The van der Waals surface area contributed by atoms with Crippen molar-refractivity contribution >= 4 is 5.97 Å². The van der Waals surface area contributed by atoms with Gasteiger partial charge in [-0.2, -0.15) is 0 Å². The third-order valence-electron chi connectivity index (χ3n) is 2.54. The number of rotatable bonds is 5. The summed E-state index contributed by atoms with van der Waals surface area (Å²) in [6.45, 7) is 0.710. The Morgan fingerprint density at radius 1 is 1.37 bits per heavy atom. The van der Waals surface area contributed by atoms with E-state index < -0.39 is 5.97 Å². The summed E-state index contributed by atoms with van der Waals surface area (Å²) < 4.78 is 13.0. The van der Waals surface area contributed by atoms with Crippen LogP contribution in [0.3, 0.4) is 0 Å². The van der Waals surface area contributed by atoms with Crippen molar-refractivity contribution in [3.63, 3.8) is 0 Å². The number of benzene rings is 1. The predicted octanol–water partition coefficient (Wildman–Crippen LogP) is 1.60. The minimum atomic E-state index is -1.07. The fourth-order valence-corrected chi connectivity index (χ4v) is 1.65. The van der Waals surface area contributed by atoms with Crippen LogP contribution in [0.15, 0.2) is 36.8 Å². The number of carboxylic acids is 1. The molecule has 0 aliphatic heterocycles. The summed E-state index contributed by atoms with van der Waals surface area (Å²) in [5.41, 5.74) is 1.25. The summed E-state index contributed by atoms with van der Waals surface area (Å²) in [7, 11) is 0. The summed E-state index contributed by atoms with van der Waals surface area (Å²) >= 11 is 0. The molecule has 5 nitrogen and oxygen atoms in total. The monoisotopic (exact) mass is 261 g/mol. The van der Waals surface area contributed by atoms with E-state index in [1.165, 1.54) is 24.7 Å². The van der Waals surface area contributed by atoms with Crippen LogP contribution in [0.25, 0.3) is 0 Å². The average Bonchev–Trinajstić information content (AvgIpc) is 2.39. The van der Waals surface area contributed by atoms with Gasteiger partial charge in [0, 0.05) is 19.3 Å². The highest BCUT2D eigenvalue weighted by Crippen LogP contribution is 2.05. The number of aromatic nitrogens is 2. The Hall–Kier alpha value is -2.34. The van der Waals surface area contributed by atoms with Crippen molar-refractivity contribution < 1.29 is 14.3 Å². The van der Waals surface area contributed by atoms with Crippen molar-refractivity contribution in [2.75, 3.05) is 0 Å². The van der Waals surface area contributed by atoms with Gasteiger partial charge in [-0.05, 0) is 17.7 Å². The van der Waals surface area contributed by atoms with E-state index in [1.54, 1.807) is 12.1 Å². The minimum Gasteiger partial charge on any atom is -0.478 e. The summed E-state index contributed by atoms with van der Waals surface area (Å²) in [5, 5.41) is 12.0. The molecule has 0 atom stereocenters. The fourth-order valence-electron chi connectivity index (χ4n) is 1.65. The van der Waals surface area contributed by atoms with E-state index in [-0.39, 0.29) is 17.9 Å². The van der Waals surface area contributed by atoms with Crippen LogP contribution in [0, 0.1) is 5.82 Å². The summed E-state index contributed by atoms with van der Waals surface area (Å²) in [5.74, 6) is -1.37. The van der Waals surface area contributed by atoms with Crippen LogP contribution in [0.1, 0.15) is 21.6 Å². The van der Waals surface area contributed by atoms with Gasteiger partial charge in [0.1, 0.15) is 17.7 Å². The number of hydrogen-bond donors (Lipinski definition) is 2. The van der Waals surface area contributed by atoms with Gasteiger partial charge >= 0.3 is 5.97 Å². The fraction of sp³-hybridized carbons (Fsp3) is 0.154. The van der Waals surface area contributed by atoms with Crippen LogP contribution in [0.4, 0.5) is 4.39 Å². The van der Waals surface area contributed by atoms with Gasteiger partial charge in [0.15, 0.2) is 0 Å². The Bertz CT molecular complexity index is 590. The van der Waals surface area contributed by atoms with Gasteiger partial charge in [0.25, 0.3) is 0 Å². The van der Waals surface area contributed by atoms with E-state index >= 15 is 0 Å². The second kappa shape index (κ2) is 6.01. The molecule has 2 aromatic rings. The van der Waals surface area contributed by atoms with Crippen molar-refractivity contribution in [3.05, 3.63) is 59.4 Å². The lowest BCUT2D eigenvalue weighted by atomic mass is 10.2. The van der Waals surface area contributed by atoms with Crippen molar-refractivity contribution in [2.24, 2.45) is 0 Å². The van der Waals surface area contributed by atoms with Crippen LogP contribution >= 0.6 is 0 Å². The van der Waals surface area contributed by atoms with Gasteiger partial charge in [-0.15, -0.1) is 0 Å². The predicted molar refractivity (Wildman–Crippen MR) is 65.9 cm³/mol. The van der Waals surface area contributed by atoms with Crippen molar-refractivity contribution in [3.8, 4) is 0 Å². The molecule has 0 saturated carbocycles. The molecule has 0 fully saturated rings.